The molecule has 0 aliphatic carbocycles. The zero-order valence-corrected chi connectivity index (χ0v) is 21.5. The van der Waals surface area contributed by atoms with Crippen LogP contribution in [0.2, 0.25) is 0 Å². The minimum absolute atomic E-state index is 0.0606. The van der Waals surface area contributed by atoms with Gasteiger partial charge in [-0.05, 0) is 43.7 Å². The number of carbonyl (C=O) groups excluding carboxylic acids is 3. The maximum atomic E-state index is 12.9. The summed E-state index contributed by atoms with van der Waals surface area (Å²) in [6, 6.07) is 18.6. The zero-order valence-electron chi connectivity index (χ0n) is 21.5. The maximum absolute atomic E-state index is 12.9. The molecule has 3 N–H and O–H groups in total. The van der Waals surface area contributed by atoms with Gasteiger partial charge in [0.25, 0.3) is 0 Å². The quantitative estimate of drug-likeness (QED) is 0.184. The van der Waals surface area contributed by atoms with Gasteiger partial charge in [-0.3, -0.25) is 14.4 Å². The van der Waals surface area contributed by atoms with E-state index in [0.29, 0.717) is 19.3 Å². The summed E-state index contributed by atoms with van der Waals surface area (Å²) in [7, 11) is 0. The van der Waals surface area contributed by atoms with Crippen LogP contribution in [0.3, 0.4) is 0 Å². The first-order chi connectivity index (χ1) is 17.9. The molecule has 2 rings (SSSR count). The van der Waals surface area contributed by atoms with Gasteiger partial charge in [0.1, 0.15) is 12.0 Å². The lowest BCUT2D eigenvalue weighted by molar-refractivity contribution is -0.153. The second-order valence-corrected chi connectivity index (χ2v) is 9.06. The molecule has 0 aliphatic heterocycles. The van der Waals surface area contributed by atoms with Gasteiger partial charge in [-0.15, -0.1) is 13.2 Å². The van der Waals surface area contributed by atoms with E-state index in [9.17, 15) is 19.5 Å². The number of allylic oxidation sites excluding steroid dienone is 2. The average molecular weight is 507 g/mol. The van der Waals surface area contributed by atoms with E-state index in [4.69, 9.17) is 4.74 Å². The van der Waals surface area contributed by atoms with Crippen LogP contribution in [0.25, 0.3) is 0 Å². The summed E-state index contributed by atoms with van der Waals surface area (Å²) in [5, 5.41) is 15.2. The van der Waals surface area contributed by atoms with Gasteiger partial charge < -0.3 is 20.5 Å². The van der Waals surface area contributed by atoms with Gasteiger partial charge in [0.2, 0.25) is 11.8 Å². The van der Waals surface area contributed by atoms with Crippen molar-refractivity contribution in [3.05, 3.63) is 97.1 Å². The van der Waals surface area contributed by atoms with E-state index in [-0.39, 0.29) is 31.5 Å². The fourth-order valence-corrected chi connectivity index (χ4v) is 3.93. The van der Waals surface area contributed by atoms with Gasteiger partial charge >= 0.3 is 5.97 Å². The molecule has 2 amide bonds. The predicted molar refractivity (Wildman–Crippen MR) is 144 cm³/mol. The van der Waals surface area contributed by atoms with E-state index in [0.717, 1.165) is 11.1 Å². The number of nitrogens with one attached hydrogen (secondary N) is 2. The van der Waals surface area contributed by atoms with E-state index >= 15 is 0 Å². The van der Waals surface area contributed by atoms with Gasteiger partial charge in [-0.2, -0.15) is 0 Å². The molecule has 2 aromatic rings. The van der Waals surface area contributed by atoms with Gasteiger partial charge in [-0.1, -0.05) is 72.8 Å². The molecule has 0 fully saturated rings. The summed E-state index contributed by atoms with van der Waals surface area (Å²) in [4.78, 5) is 38.5. The molecule has 7 nitrogen and oxygen atoms in total. The molecule has 0 saturated heterocycles. The normalized spacial score (nSPS) is 13.9. The molecule has 0 aromatic heterocycles. The fourth-order valence-electron chi connectivity index (χ4n) is 3.93. The van der Waals surface area contributed by atoms with Crippen LogP contribution in [0, 0.1) is 11.8 Å². The Kier molecular flexibility index (Phi) is 12.9. The molecule has 1 unspecified atom stereocenters. The Balaban J connectivity index is 1.90. The highest BCUT2D eigenvalue weighted by Gasteiger charge is 2.28. The Bertz CT molecular complexity index is 1010. The first kappa shape index (κ1) is 29.5. The Morgan fingerprint density at radius 3 is 2.00 bits per heavy atom. The Hall–Kier alpha value is -3.71. The minimum Gasteiger partial charge on any atom is -0.461 e. The van der Waals surface area contributed by atoms with Crippen molar-refractivity contribution in [2.24, 2.45) is 11.8 Å². The number of ether oxygens (including phenoxy) is 1. The molecule has 7 heteroatoms. The molecule has 0 spiro atoms. The van der Waals surface area contributed by atoms with Crippen LogP contribution in [-0.2, 0) is 32.0 Å². The number of aliphatic hydroxyl groups is 1. The molecule has 0 bridgehead atoms. The molecule has 198 valence electrons. The Morgan fingerprint density at radius 1 is 0.892 bits per heavy atom. The van der Waals surface area contributed by atoms with Gasteiger partial charge in [0.15, 0.2) is 0 Å². The third-order valence-electron chi connectivity index (χ3n) is 5.92. The Labute approximate surface area is 219 Å². The third-order valence-corrected chi connectivity index (χ3v) is 5.92. The van der Waals surface area contributed by atoms with Crippen molar-refractivity contribution < 1.29 is 24.2 Å². The van der Waals surface area contributed by atoms with E-state index < -0.39 is 29.9 Å². The smallest absolute Gasteiger partial charge is 0.309 e. The lowest BCUT2D eigenvalue weighted by Gasteiger charge is -2.22. The van der Waals surface area contributed by atoms with Crippen molar-refractivity contribution in [2.45, 2.75) is 44.8 Å². The number of esters is 1. The van der Waals surface area contributed by atoms with E-state index in [1.54, 1.807) is 13.0 Å². The second-order valence-electron chi connectivity index (χ2n) is 9.06. The molecular formula is C30H38N2O5. The van der Waals surface area contributed by atoms with Crippen LogP contribution in [-0.4, -0.2) is 48.2 Å². The highest BCUT2D eigenvalue weighted by atomic mass is 16.5. The van der Waals surface area contributed by atoms with Crippen LogP contribution >= 0.6 is 0 Å². The van der Waals surface area contributed by atoms with Crippen molar-refractivity contribution in [2.75, 3.05) is 13.2 Å². The number of amides is 2. The zero-order chi connectivity index (χ0) is 27.0. The maximum Gasteiger partial charge on any atom is 0.309 e. The summed E-state index contributed by atoms with van der Waals surface area (Å²) in [5.41, 5.74) is 1.99. The van der Waals surface area contributed by atoms with Gasteiger partial charge in [0, 0.05) is 0 Å². The van der Waals surface area contributed by atoms with Crippen molar-refractivity contribution >= 4 is 17.8 Å². The lowest BCUT2D eigenvalue weighted by atomic mass is 9.96. The second kappa shape index (κ2) is 16.1. The summed E-state index contributed by atoms with van der Waals surface area (Å²) in [5.74, 6) is -2.75. The molecule has 0 saturated carbocycles. The Morgan fingerprint density at radius 2 is 1.46 bits per heavy atom. The number of benzene rings is 2. The summed E-state index contributed by atoms with van der Waals surface area (Å²) >= 11 is 0. The topological polar surface area (TPSA) is 105 Å². The number of aliphatic hydroxyl groups excluding tert-OH is 1. The molecule has 0 heterocycles. The highest BCUT2D eigenvalue weighted by Crippen LogP contribution is 2.16. The SMILES string of the molecule is C=CCC(C(=O)NC[C@H](C)OC(=O)[C@@H](CC=C)Cc1ccccc1)C(=O)N[C@@H](CO)Cc1ccccc1. The van der Waals surface area contributed by atoms with Crippen LogP contribution < -0.4 is 10.6 Å². The number of carbonyl (C=O) groups is 3. The summed E-state index contributed by atoms with van der Waals surface area (Å²) < 4.78 is 5.58. The standard InChI is InChI=1S/C30H38N2O5/c1-4-12-25(18-23-14-8-6-9-15-23)30(36)37-22(3)20-31-28(34)27(13-5-2)29(35)32-26(21-33)19-24-16-10-7-11-17-24/h4-11,14-17,22,25-27,33H,1-2,12-13,18-21H2,3H3,(H,31,34)(H,32,35)/t22-,25-,26+,27?/m0/s1. The van der Waals surface area contributed by atoms with E-state index in [1.807, 2.05) is 60.7 Å². The fraction of sp³-hybridized carbons (Fsp3) is 0.367. The van der Waals surface area contributed by atoms with Crippen LogP contribution in [0.5, 0.6) is 0 Å². The minimum atomic E-state index is -1.02. The van der Waals surface area contributed by atoms with Crippen molar-refractivity contribution in [1.29, 1.82) is 0 Å². The van der Waals surface area contributed by atoms with Gasteiger partial charge in [-0.25, -0.2) is 0 Å². The van der Waals surface area contributed by atoms with Crippen molar-refractivity contribution in [3.63, 3.8) is 0 Å². The largest absolute Gasteiger partial charge is 0.461 e. The van der Waals surface area contributed by atoms with Crippen LogP contribution in [0.15, 0.2) is 86.0 Å². The van der Waals surface area contributed by atoms with Crippen molar-refractivity contribution in [3.8, 4) is 0 Å². The summed E-state index contributed by atoms with van der Waals surface area (Å²) in [6.45, 7) is 8.88. The molecule has 2 aromatic carbocycles. The first-order valence-electron chi connectivity index (χ1n) is 12.6. The molecular weight excluding hydrogens is 468 g/mol. The average Bonchev–Trinajstić information content (AvgIpc) is 2.90. The van der Waals surface area contributed by atoms with Crippen LogP contribution in [0.1, 0.15) is 30.9 Å². The molecule has 0 aliphatic rings. The van der Waals surface area contributed by atoms with E-state index in [2.05, 4.69) is 23.8 Å². The molecule has 37 heavy (non-hydrogen) atoms. The van der Waals surface area contributed by atoms with Crippen LogP contribution in [0.4, 0.5) is 0 Å². The number of hydrogen-bond donors (Lipinski definition) is 3. The predicted octanol–water partition coefficient (Wildman–Crippen LogP) is 3.38. The van der Waals surface area contributed by atoms with Gasteiger partial charge in [0.05, 0.1) is 25.1 Å². The third kappa shape index (κ3) is 10.4. The molecule has 0 radical (unpaired) electrons. The monoisotopic (exact) mass is 506 g/mol. The number of hydrogen-bond acceptors (Lipinski definition) is 5. The lowest BCUT2D eigenvalue weighted by Crippen LogP contribution is -2.48. The molecule has 4 atom stereocenters. The number of rotatable bonds is 16. The first-order valence-corrected chi connectivity index (χ1v) is 12.6. The highest BCUT2D eigenvalue weighted by molar-refractivity contribution is 6.00. The van der Waals surface area contributed by atoms with Crippen molar-refractivity contribution in [1.82, 2.24) is 10.6 Å². The summed E-state index contributed by atoms with van der Waals surface area (Å²) in [6.07, 6.45) is 4.18. The van der Waals surface area contributed by atoms with E-state index in [1.165, 1.54) is 6.08 Å².